The van der Waals surface area contributed by atoms with Gasteiger partial charge in [-0.1, -0.05) is 109 Å². The van der Waals surface area contributed by atoms with E-state index >= 15 is 0 Å². The quantitative estimate of drug-likeness (QED) is 0.208. The van der Waals surface area contributed by atoms with Crippen molar-refractivity contribution in [1.29, 1.82) is 0 Å². The van der Waals surface area contributed by atoms with Crippen LogP contribution in [-0.2, 0) is 0 Å². The van der Waals surface area contributed by atoms with E-state index in [-0.39, 0.29) is 0 Å². The van der Waals surface area contributed by atoms with Crippen LogP contribution in [0.2, 0.25) is 0 Å². The van der Waals surface area contributed by atoms with Gasteiger partial charge in [0, 0.05) is 47.6 Å². The summed E-state index contributed by atoms with van der Waals surface area (Å²) in [6, 6.07) is 50.7. The largest absolute Gasteiger partial charge is 0.456 e. The minimum absolute atomic E-state index is 0.686. The van der Waals surface area contributed by atoms with Crippen LogP contribution in [0.1, 0.15) is 0 Å². The molecule has 4 heteroatoms. The average Bonchev–Trinajstić information content (AvgIpc) is 3.66. The third kappa shape index (κ3) is 4.03. The molecule has 6 aromatic carbocycles. The van der Waals surface area contributed by atoms with Crippen molar-refractivity contribution in [2.24, 2.45) is 0 Å². The van der Waals surface area contributed by atoms with Gasteiger partial charge in [0.25, 0.3) is 0 Å². The van der Waals surface area contributed by atoms with Crippen LogP contribution >= 0.6 is 11.3 Å². The topological polar surface area (TPSA) is 38.9 Å². The third-order valence-electron chi connectivity index (χ3n) is 8.33. The highest BCUT2D eigenvalue weighted by Gasteiger charge is 2.18. The van der Waals surface area contributed by atoms with Crippen molar-refractivity contribution in [3.05, 3.63) is 146 Å². The van der Waals surface area contributed by atoms with Crippen molar-refractivity contribution in [3.8, 4) is 45.0 Å². The molecular formula is C40H24N2OS. The maximum atomic E-state index is 6.13. The molecule has 206 valence electrons. The van der Waals surface area contributed by atoms with Crippen molar-refractivity contribution in [3.63, 3.8) is 0 Å². The average molecular weight is 581 g/mol. The molecule has 3 aromatic heterocycles. The van der Waals surface area contributed by atoms with Crippen LogP contribution in [0.4, 0.5) is 0 Å². The molecule has 9 aromatic rings. The summed E-state index contributed by atoms with van der Waals surface area (Å²) < 4.78 is 8.64. The van der Waals surface area contributed by atoms with Gasteiger partial charge >= 0.3 is 0 Å². The van der Waals surface area contributed by atoms with Gasteiger partial charge in [-0.2, -0.15) is 0 Å². The lowest BCUT2D eigenvalue weighted by molar-refractivity contribution is 0.669. The van der Waals surface area contributed by atoms with Crippen LogP contribution < -0.4 is 0 Å². The van der Waals surface area contributed by atoms with Crippen molar-refractivity contribution < 1.29 is 4.42 Å². The lowest BCUT2D eigenvalue weighted by atomic mass is 9.96. The number of nitrogens with zero attached hydrogens (tertiary/aromatic N) is 2. The summed E-state index contributed by atoms with van der Waals surface area (Å²) in [5.41, 5.74) is 8.96. The predicted octanol–water partition coefficient (Wildman–Crippen LogP) is 11.4. The van der Waals surface area contributed by atoms with Gasteiger partial charge in [-0.05, 0) is 47.5 Å². The Balaban J connectivity index is 1.32. The Bertz CT molecular complexity index is 2510. The van der Waals surface area contributed by atoms with E-state index in [2.05, 4.69) is 115 Å². The van der Waals surface area contributed by atoms with E-state index in [1.54, 1.807) is 0 Å². The first kappa shape index (κ1) is 25.0. The second-order valence-electron chi connectivity index (χ2n) is 11.0. The van der Waals surface area contributed by atoms with Gasteiger partial charge in [0.2, 0.25) is 0 Å². The third-order valence-corrected chi connectivity index (χ3v) is 9.55. The maximum absolute atomic E-state index is 6.13. The zero-order chi connectivity index (χ0) is 29.0. The Morgan fingerprint density at radius 1 is 0.432 bits per heavy atom. The van der Waals surface area contributed by atoms with Gasteiger partial charge in [-0.3, -0.25) is 0 Å². The predicted molar refractivity (Wildman–Crippen MR) is 184 cm³/mol. The van der Waals surface area contributed by atoms with Crippen LogP contribution in [0.25, 0.3) is 87.1 Å². The summed E-state index contributed by atoms with van der Waals surface area (Å²) in [5, 5.41) is 4.67. The number of benzene rings is 6. The van der Waals surface area contributed by atoms with Crippen LogP contribution in [0.5, 0.6) is 0 Å². The number of rotatable bonds is 4. The van der Waals surface area contributed by atoms with Crippen LogP contribution in [0.3, 0.4) is 0 Å². The van der Waals surface area contributed by atoms with Crippen molar-refractivity contribution in [2.45, 2.75) is 0 Å². The summed E-state index contributed by atoms with van der Waals surface area (Å²) in [6.07, 6.45) is 0. The van der Waals surface area contributed by atoms with Gasteiger partial charge in [-0.25, -0.2) is 9.97 Å². The Morgan fingerprint density at radius 3 is 1.98 bits per heavy atom. The summed E-state index contributed by atoms with van der Waals surface area (Å²) in [6.45, 7) is 0. The highest BCUT2D eigenvalue weighted by molar-refractivity contribution is 7.26. The van der Waals surface area contributed by atoms with Crippen LogP contribution in [-0.4, -0.2) is 9.97 Å². The van der Waals surface area contributed by atoms with Gasteiger partial charge in [0.1, 0.15) is 11.2 Å². The van der Waals surface area contributed by atoms with Gasteiger partial charge < -0.3 is 4.42 Å². The number of fused-ring (bicyclic) bond motifs is 6. The van der Waals surface area contributed by atoms with E-state index in [1.807, 2.05) is 41.7 Å². The molecule has 0 saturated carbocycles. The SMILES string of the molecule is c1ccc(-c2ccccc2-c2cc(-c3cccc4c3sc3ccccc34)nc(-c3ccc4oc5ccccc5c4c3)n2)cc1. The second kappa shape index (κ2) is 10.0. The Kier molecular flexibility index (Phi) is 5.68. The van der Waals surface area contributed by atoms with E-state index in [1.165, 1.54) is 20.2 Å². The van der Waals surface area contributed by atoms with Crippen LogP contribution in [0.15, 0.2) is 150 Å². The van der Waals surface area contributed by atoms with Gasteiger partial charge in [0.15, 0.2) is 5.82 Å². The number of furan rings is 1. The first-order valence-corrected chi connectivity index (χ1v) is 15.5. The standard InChI is InChI=1S/C40H24N2OS/c1-2-11-25(12-3-1)27-13-4-5-14-28(27)34-24-35(32-18-10-17-31-30-16-7-9-20-38(30)44-39(31)32)42-40(41-34)26-21-22-37-33(23-26)29-15-6-8-19-36(29)43-37/h1-24H. The lowest BCUT2D eigenvalue weighted by Crippen LogP contribution is -1.97. The molecule has 0 radical (unpaired) electrons. The molecule has 0 aliphatic carbocycles. The van der Waals surface area contributed by atoms with Crippen LogP contribution in [0, 0.1) is 0 Å². The number of thiophene rings is 1. The number of hydrogen-bond acceptors (Lipinski definition) is 4. The first-order chi connectivity index (χ1) is 21.8. The van der Waals surface area contributed by atoms with Crippen molar-refractivity contribution in [2.75, 3.05) is 0 Å². The fourth-order valence-corrected chi connectivity index (χ4v) is 7.47. The molecule has 0 unspecified atom stereocenters. The van der Waals surface area contributed by atoms with Crippen molar-refractivity contribution in [1.82, 2.24) is 9.97 Å². The molecule has 0 N–H and O–H groups in total. The molecule has 0 aliphatic rings. The molecule has 0 bridgehead atoms. The zero-order valence-corrected chi connectivity index (χ0v) is 24.4. The molecule has 0 aliphatic heterocycles. The Labute approximate surface area is 257 Å². The zero-order valence-electron chi connectivity index (χ0n) is 23.6. The van der Waals surface area contributed by atoms with E-state index in [0.29, 0.717) is 5.82 Å². The highest BCUT2D eigenvalue weighted by atomic mass is 32.1. The van der Waals surface area contributed by atoms with Crippen molar-refractivity contribution >= 4 is 53.4 Å². The lowest BCUT2D eigenvalue weighted by Gasteiger charge is -2.13. The molecule has 0 spiro atoms. The fraction of sp³-hybridized carbons (Fsp3) is 0. The molecule has 0 amide bonds. The van der Waals surface area contributed by atoms with E-state index in [9.17, 15) is 0 Å². The fourth-order valence-electron chi connectivity index (χ4n) is 6.24. The highest BCUT2D eigenvalue weighted by Crippen LogP contribution is 2.41. The minimum Gasteiger partial charge on any atom is -0.456 e. The molecule has 44 heavy (non-hydrogen) atoms. The van der Waals surface area contributed by atoms with Gasteiger partial charge in [0.05, 0.1) is 11.4 Å². The molecule has 0 fully saturated rings. The summed E-state index contributed by atoms with van der Waals surface area (Å²) >= 11 is 1.82. The van der Waals surface area contributed by atoms with E-state index in [4.69, 9.17) is 14.4 Å². The Hall–Kier alpha value is -5.58. The monoisotopic (exact) mass is 580 g/mol. The molecular weight excluding hydrogens is 557 g/mol. The molecule has 9 rings (SSSR count). The summed E-state index contributed by atoms with van der Waals surface area (Å²) in [7, 11) is 0. The number of para-hydroxylation sites is 1. The summed E-state index contributed by atoms with van der Waals surface area (Å²) in [4.78, 5) is 10.5. The smallest absolute Gasteiger partial charge is 0.160 e. The Morgan fingerprint density at radius 2 is 1.09 bits per heavy atom. The number of hydrogen-bond donors (Lipinski definition) is 0. The van der Waals surface area contributed by atoms with E-state index < -0.39 is 0 Å². The minimum atomic E-state index is 0.686. The number of aromatic nitrogens is 2. The summed E-state index contributed by atoms with van der Waals surface area (Å²) in [5.74, 6) is 0.686. The second-order valence-corrected chi connectivity index (χ2v) is 12.0. The normalized spacial score (nSPS) is 11.6. The van der Waals surface area contributed by atoms with Gasteiger partial charge in [-0.15, -0.1) is 11.3 Å². The molecule has 3 nitrogen and oxygen atoms in total. The maximum Gasteiger partial charge on any atom is 0.160 e. The first-order valence-electron chi connectivity index (χ1n) is 14.7. The van der Waals surface area contributed by atoms with E-state index in [0.717, 1.165) is 61.1 Å². The molecule has 3 heterocycles. The molecule has 0 saturated heterocycles. The molecule has 0 atom stereocenters.